The lowest BCUT2D eigenvalue weighted by Gasteiger charge is -2.20. The van der Waals surface area contributed by atoms with Gasteiger partial charge in [-0.25, -0.2) is 0 Å². The van der Waals surface area contributed by atoms with Crippen LogP contribution in [0.4, 0.5) is 11.4 Å². The van der Waals surface area contributed by atoms with Gasteiger partial charge in [-0.3, -0.25) is 0 Å². The zero-order chi connectivity index (χ0) is 12.8. The minimum Gasteiger partial charge on any atom is -0.385 e. The van der Waals surface area contributed by atoms with Crippen LogP contribution in [0, 0.1) is 6.92 Å². The first-order valence-corrected chi connectivity index (χ1v) is 6.82. The van der Waals surface area contributed by atoms with Gasteiger partial charge in [-0.05, 0) is 56.4 Å². The molecule has 0 aromatic heterocycles. The standard InChI is InChI=1S/C15H26N2/c1-6-12-11(5)14(16-8-3)10-15(17-9-4)13(12)7-2/h10,16-17H,6-9H2,1-5H3. The minimum absolute atomic E-state index is 0.973. The molecular formula is C15H26N2. The van der Waals surface area contributed by atoms with Crippen LogP contribution in [0.2, 0.25) is 0 Å². The van der Waals surface area contributed by atoms with E-state index >= 15 is 0 Å². The van der Waals surface area contributed by atoms with Crippen LogP contribution >= 0.6 is 0 Å². The van der Waals surface area contributed by atoms with Crippen LogP contribution in [0.3, 0.4) is 0 Å². The highest BCUT2D eigenvalue weighted by Crippen LogP contribution is 2.31. The van der Waals surface area contributed by atoms with Crippen LogP contribution < -0.4 is 10.6 Å². The summed E-state index contributed by atoms with van der Waals surface area (Å²) < 4.78 is 0. The molecule has 0 amide bonds. The molecule has 0 radical (unpaired) electrons. The summed E-state index contributed by atoms with van der Waals surface area (Å²) in [5, 5.41) is 6.95. The normalized spacial score (nSPS) is 10.4. The van der Waals surface area contributed by atoms with Crippen molar-refractivity contribution in [1.82, 2.24) is 0 Å². The van der Waals surface area contributed by atoms with Gasteiger partial charge in [-0.1, -0.05) is 13.8 Å². The fourth-order valence-corrected chi connectivity index (χ4v) is 2.50. The molecule has 0 heterocycles. The van der Waals surface area contributed by atoms with Crippen molar-refractivity contribution in [2.45, 2.75) is 47.5 Å². The summed E-state index contributed by atoms with van der Waals surface area (Å²) in [6.45, 7) is 13.0. The van der Waals surface area contributed by atoms with E-state index in [4.69, 9.17) is 0 Å². The van der Waals surface area contributed by atoms with Crippen molar-refractivity contribution in [2.75, 3.05) is 23.7 Å². The zero-order valence-electron chi connectivity index (χ0n) is 11.9. The van der Waals surface area contributed by atoms with E-state index in [2.05, 4.69) is 51.3 Å². The Morgan fingerprint density at radius 3 is 1.82 bits per heavy atom. The molecule has 0 aliphatic heterocycles. The molecule has 0 saturated heterocycles. The summed E-state index contributed by atoms with van der Waals surface area (Å²) >= 11 is 0. The predicted octanol–water partition coefficient (Wildman–Crippen LogP) is 3.98. The minimum atomic E-state index is 0.973. The molecular weight excluding hydrogens is 208 g/mol. The van der Waals surface area contributed by atoms with Crippen molar-refractivity contribution in [3.05, 3.63) is 22.8 Å². The van der Waals surface area contributed by atoms with E-state index in [9.17, 15) is 0 Å². The maximum absolute atomic E-state index is 3.49. The molecule has 0 aliphatic rings. The second-order valence-electron chi connectivity index (χ2n) is 4.32. The van der Waals surface area contributed by atoms with Gasteiger partial charge in [0.2, 0.25) is 0 Å². The Morgan fingerprint density at radius 2 is 1.35 bits per heavy atom. The van der Waals surface area contributed by atoms with E-state index in [1.54, 1.807) is 0 Å². The van der Waals surface area contributed by atoms with Gasteiger partial charge < -0.3 is 10.6 Å². The topological polar surface area (TPSA) is 24.1 Å². The van der Waals surface area contributed by atoms with Gasteiger partial charge in [0.25, 0.3) is 0 Å². The van der Waals surface area contributed by atoms with Gasteiger partial charge in [-0.15, -0.1) is 0 Å². The van der Waals surface area contributed by atoms with Crippen LogP contribution in [0.5, 0.6) is 0 Å². The molecule has 0 aliphatic carbocycles. The van der Waals surface area contributed by atoms with E-state index in [-0.39, 0.29) is 0 Å². The van der Waals surface area contributed by atoms with Crippen molar-refractivity contribution >= 4 is 11.4 Å². The van der Waals surface area contributed by atoms with Crippen LogP contribution in [0.1, 0.15) is 44.4 Å². The average Bonchev–Trinajstić information content (AvgIpc) is 2.33. The Kier molecular flexibility index (Phi) is 5.33. The maximum atomic E-state index is 3.49. The SMILES string of the molecule is CCNc1cc(NCC)c(CC)c(CC)c1C. The molecule has 2 heteroatoms. The third-order valence-corrected chi connectivity index (χ3v) is 3.28. The summed E-state index contributed by atoms with van der Waals surface area (Å²) in [6.07, 6.45) is 2.20. The van der Waals surface area contributed by atoms with Crippen molar-refractivity contribution < 1.29 is 0 Å². The smallest absolute Gasteiger partial charge is 0.0396 e. The Hall–Kier alpha value is -1.18. The van der Waals surface area contributed by atoms with Crippen LogP contribution in [-0.2, 0) is 12.8 Å². The largest absolute Gasteiger partial charge is 0.385 e. The lowest BCUT2D eigenvalue weighted by molar-refractivity contribution is 1.01. The summed E-state index contributed by atoms with van der Waals surface area (Å²) in [7, 11) is 0. The molecule has 0 atom stereocenters. The number of benzene rings is 1. The van der Waals surface area contributed by atoms with Gasteiger partial charge >= 0.3 is 0 Å². The van der Waals surface area contributed by atoms with Crippen LogP contribution in [-0.4, -0.2) is 13.1 Å². The Balaban J connectivity index is 3.32. The van der Waals surface area contributed by atoms with Gasteiger partial charge in [0.15, 0.2) is 0 Å². The molecule has 17 heavy (non-hydrogen) atoms. The second kappa shape index (κ2) is 6.53. The highest BCUT2D eigenvalue weighted by atomic mass is 14.9. The van der Waals surface area contributed by atoms with Crippen molar-refractivity contribution in [2.24, 2.45) is 0 Å². The quantitative estimate of drug-likeness (QED) is 0.778. The molecule has 0 spiro atoms. The van der Waals surface area contributed by atoms with Crippen LogP contribution in [0.25, 0.3) is 0 Å². The molecule has 1 aromatic carbocycles. The molecule has 0 bridgehead atoms. The first-order chi connectivity index (χ1) is 8.19. The molecule has 1 rings (SSSR count). The molecule has 2 nitrogen and oxygen atoms in total. The lowest BCUT2D eigenvalue weighted by Crippen LogP contribution is -2.08. The van der Waals surface area contributed by atoms with E-state index in [1.807, 2.05) is 0 Å². The fraction of sp³-hybridized carbons (Fsp3) is 0.600. The van der Waals surface area contributed by atoms with Gasteiger partial charge in [0.1, 0.15) is 0 Å². The van der Waals surface area contributed by atoms with E-state index in [0.29, 0.717) is 0 Å². The maximum Gasteiger partial charge on any atom is 0.0396 e. The predicted molar refractivity (Wildman–Crippen MR) is 78.3 cm³/mol. The summed E-state index contributed by atoms with van der Waals surface area (Å²) in [5.41, 5.74) is 6.97. The van der Waals surface area contributed by atoms with E-state index in [1.165, 1.54) is 28.1 Å². The first-order valence-electron chi connectivity index (χ1n) is 6.82. The molecule has 0 saturated carbocycles. The van der Waals surface area contributed by atoms with Crippen LogP contribution in [0.15, 0.2) is 6.07 Å². The second-order valence-corrected chi connectivity index (χ2v) is 4.32. The highest BCUT2D eigenvalue weighted by Gasteiger charge is 2.12. The molecule has 1 aromatic rings. The van der Waals surface area contributed by atoms with Gasteiger partial charge in [-0.2, -0.15) is 0 Å². The average molecular weight is 234 g/mol. The van der Waals surface area contributed by atoms with Crippen molar-refractivity contribution in [1.29, 1.82) is 0 Å². The highest BCUT2D eigenvalue weighted by molar-refractivity contribution is 5.69. The zero-order valence-corrected chi connectivity index (χ0v) is 11.9. The van der Waals surface area contributed by atoms with Gasteiger partial charge in [0.05, 0.1) is 0 Å². The number of hydrogen-bond donors (Lipinski definition) is 2. The Bertz CT molecular complexity index is 370. The molecule has 2 N–H and O–H groups in total. The Labute approximate surface area is 106 Å². The summed E-state index contributed by atoms with van der Waals surface area (Å²) in [4.78, 5) is 0. The number of hydrogen-bond acceptors (Lipinski definition) is 2. The third-order valence-electron chi connectivity index (χ3n) is 3.28. The summed E-state index contributed by atoms with van der Waals surface area (Å²) in [6, 6.07) is 2.26. The molecule has 96 valence electrons. The number of anilines is 2. The van der Waals surface area contributed by atoms with Crippen molar-refractivity contribution in [3.63, 3.8) is 0 Å². The molecule has 0 fully saturated rings. The van der Waals surface area contributed by atoms with E-state index < -0.39 is 0 Å². The number of nitrogens with one attached hydrogen (secondary N) is 2. The Morgan fingerprint density at radius 1 is 0.824 bits per heavy atom. The van der Waals surface area contributed by atoms with Crippen molar-refractivity contribution in [3.8, 4) is 0 Å². The number of rotatable bonds is 6. The first kappa shape index (κ1) is 13.9. The third kappa shape index (κ3) is 2.93. The fourth-order valence-electron chi connectivity index (χ4n) is 2.50. The summed E-state index contributed by atoms with van der Waals surface area (Å²) in [5.74, 6) is 0. The molecule has 0 unspecified atom stereocenters. The van der Waals surface area contributed by atoms with Gasteiger partial charge in [0, 0.05) is 24.5 Å². The monoisotopic (exact) mass is 234 g/mol. The lowest BCUT2D eigenvalue weighted by atomic mass is 9.94. The van der Waals surface area contributed by atoms with E-state index in [0.717, 1.165) is 25.9 Å².